The minimum absolute atomic E-state index is 1.12. The summed E-state index contributed by atoms with van der Waals surface area (Å²) in [7, 11) is 0. The maximum absolute atomic E-state index is 3.29. The fourth-order valence-corrected chi connectivity index (χ4v) is 1.41. The van der Waals surface area contributed by atoms with Crippen LogP contribution in [0.2, 0.25) is 0 Å². The first kappa shape index (κ1) is 10.3. The molecule has 1 aliphatic rings. The quantitative estimate of drug-likeness (QED) is 0.484. The predicted molar refractivity (Wildman–Crippen MR) is 58.4 cm³/mol. The van der Waals surface area contributed by atoms with Gasteiger partial charge in [-0.2, -0.15) is 0 Å². The molecule has 0 amide bonds. The fraction of sp³-hybridized carbons (Fsp3) is 0.538. The largest absolute Gasteiger partial charge is 0.0885 e. The number of allylic oxidation sites excluding steroid dienone is 6. The fourth-order valence-electron chi connectivity index (χ4n) is 1.41. The van der Waals surface area contributed by atoms with E-state index >= 15 is 0 Å². The standard InChI is InChI=1S/C13H19/c1-2-4-6-8-10-12-13-11-9-7-5-3-1/h1-3,8,10H,4,6-7,9,11-13H2/b2-1-,5-3?,10-8+. The van der Waals surface area contributed by atoms with E-state index in [1.54, 1.807) is 0 Å². The first-order valence-electron chi connectivity index (χ1n) is 5.37. The summed E-state index contributed by atoms with van der Waals surface area (Å²) in [5.41, 5.74) is 0. The molecule has 0 heterocycles. The highest BCUT2D eigenvalue weighted by molar-refractivity contribution is 5.00. The van der Waals surface area contributed by atoms with Gasteiger partial charge in [-0.3, -0.25) is 0 Å². The summed E-state index contributed by atoms with van der Waals surface area (Å²) in [4.78, 5) is 0. The van der Waals surface area contributed by atoms with Crippen molar-refractivity contribution in [2.75, 3.05) is 0 Å². The third-order valence-corrected chi connectivity index (χ3v) is 2.21. The zero-order valence-corrected chi connectivity index (χ0v) is 8.34. The van der Waals surface area contributed by atoms with Crippen molar-refractivity contribution in [2.24, 2.45) is 0 Å². The Kier molecular flexibility index (Phi) is 6.22. The van der Waals surface area contributed by atoms with Crippen LogP contribution in [-0.2, 0) is 0 Å². The summed E-state index contributed by atoms with van der Waals surface area (Å²) >= 11 is 0. The van der Waals surface area contributed by atoms with Gasteiger partial charge in [0.2, 0.25) is 0 Å². The average Bonchev–Trinajstić information content (AvgIpc) is 2.18. The summed E-state index contributed by atoms with van der Waals surface area (Å²) in [6.07, 6.45) is 23.0. The van der Waals surface area contributed by atoms with E-state index in [0.29, 0.717) is 0 Å². The van der Waals surface area contributed by atoms with Crippen LogP contribution in [0.15, 0.2) is 30.4 Å². The zero-order valence-electron chi connectivity index (χ0n) is 8.34. The van der Waals surface area contributed by atoms with Crippen LogP contribution in [0.3, 0.4) is 0 Å². The number of rotatable bonds is 0. The second-order valence-corrected chi connectivity index (χ2v) is 3.45. The lowest BCUT2D eigenvalue weighted by Crippen LogP contribution is -1.74. The molecule has 71 valence electrons. The summed E-state index contributed by atoms with van der Waals surface area (Å²) in [6.45, 7) is 0. The van der Waals surface area contributed by atoms with Gasteiger partial charge in [-0.05, 0) is 44.6 Å². The topological polar surface area (TPSA) is 0 Å². The van der Waals surface area contributed by atoms with Gasteiger partial charge < -0.3 is 0 Å². The van der Waals surface area contributed by atoms with E-state index in [9.17, 15) is 0 Å². The lowest BCUT2D eigenvalue weighted by molar-refractivity contribution is 0.690. The molecule has 0 aromatic heterocycles. The smallest absolute Gasteiger partial charge is 0.0276 e. The first-order chi connectivity index (χ1) is 6.50. The van der Waals surface area contributed by atoms with Crippen molar-refractivity contribution >= 4 is 0 Å². The minimum Gasteiger partial charge on any atom is -0.0885 e. The molecule has 13 heavy (non-hydrogen) atoms. The third-order valence-electron chi connectivity index (χ3n) is 2.21. The number of hydrogen-bond acceptors (Lipinski definition) is 0. The van der Waals surface area contributed by atoms with Crippen LogP contribution in [-0.4, -0.2) is 0 Å². The molecule has 0 spiro atoms. The average molecular weight is 175 g/mol. The molecule has 0 fully saturated rings. The Morgan fingerprint density at radius 1 is 0.769 bits per heavy atom. The molecule has 0 unspecified atom stereocenters. The second-order valence-electron chi connectivity index (χ2n) is 3.45. The summed E-state index contributed by atoms with van der Waals surface area (Å²) in [5, 5.41) is 0. The lowest BCUT2D eigenvalue weighted by Gasteiger charge is -1.93. The minimum atomic E-state index is 1.12. The van der Waals surface area contributed by atoms with Crippen LogP contribution in [0.1, 0.15) is 44.9 Å². The van der Waals surface area contributed by atoms with Crippen LogP contribution in [0, 0.1) is 6.08 Å². The van der Waals surface area contributed by atoms with E-state index < -0.39 is 0 Å². The molecular weight excluding hydrogens is 156 g/mol. The molecule has 0 bridgehead atoms. The van der Waals surface area contributed by atoms with Gasteiger partial charge in [0.15, 0.2) is 0 Å². The lowest BCUT2D eigenvalue weighted by atomic mass is 10.1. The molecule has 0 atom stereocenters. The van der Waals surface area contributed by atoms with Crippen molar-refractivity contribution in [3.8, 4) is 0 Å². The highest BCUT2D eigenvalue weighted by Crippen LogP contribution is 2.05. The summed E-state index contributed by atoms with van der Waals surface area (Å²) in [6, 6.07) is 0. The van der Waals surface area contributed by atoms with Crippen molar-refractivity contribution < 1.29 is 0 Å². The molecular formula is C13H19. The van der Waals surface area contributed by atoms with Crippen molar-refractivity contribution in [3.05, 3.63) is 36.5 Å². The van der Waals surface area contributed by atoms with E-state index in [1.165, 1.54) is 32.1 Å². The normalized spacial score (nSPS) is 27.7. The third kappa shape index (κ3) is 6.39. The van der Waals surface area contributed by atoms with Crippen LogP contribution < -0.4 is 0 Å². The molecule has 0 saturated heterocycles. The Bertz CT molecular complexity index is 184. The Labute approximate surface area is 82.0 Å². The first-order valence-corrected chi connectivity index (χ1v) is 5.37. The molecule has 0 aromatic rings. The maximum atomic E-state index is 3.29. The van der Waals surface area contributed by atoms with Crippen molar-refractivity contribution in [2.45, 2.75) is 44.9 Å². The Morgan fingerprint density at radius 3 is 2.62 bits per heavy atom. The van der Waals surface area contributed by atoms with Gasteiger partial charge in [0.1, 0.15) is 0 Å². The van der Waals surface area contributed by atoms with Gasteiger partial charge in [-0.25, -0.2) is 0 Å². The van der Waals surface area contributed by atoms with E-state index in [2.05, 4.69) is 36.5 Å². The van der Waals surface area contributed by atoms with E-state index in [4.69, 9.17) is 0 Å². The van der Waals surface area contributed by atoms with Gasteiger partial charge in [0.25, 0.3) is 0 Å². The molecule has 1 rings (SSSR count). The summed E-state index contributed by atoms with van der Waals surface area (Å²) in [5.74, 6) is 0. The highest BCUT2D eigenvalue weighted by Gasteiger charge is 1.86. The Balaban J connectivity index is 2.28. The molecule has 0 nitrogen and oxygen atoms in total. The Hall–Kier alpha value is -0.780. The molecule has 1 aliphatic carbocycles. The van der Waals surface area contributed by atoms with E-state index in [1.807, 2.05) is 0 Å². The van der Waals surface area contributed by atoms with Crippen LogP contribution in [0.5, 0.6) is 0 Å². The maximum Gasteiger partial charge on any atom is -0.0276 e. The van der Waals surface area contributed by atoms with Gasteiger partial charge in [0, 0.05) is 0 Å². The molecule has 0 heteroatoms. The molecule has 0 aromatic carbocycles. The van der Waals surface area contributed by atoms with Gasteiger partial charge in [0.05, 0.1) is 0 Å². The molecule has 0 saturated carbocycles. The van der Waals surface area contributed by atoms with Crippen molar-refractivity contribution in [3.63, 3.8) is 0 Å². The predicted octanol–water partition coefficient (Wildman–Crippen LogP) is 4.20. The van der Waals surface area contributed by atoms with Gasteiger partial charge in [-0.1, -0.05) is 36.8 Å². The summed E-state index contributed by atoms with van der Waals surface area (Å²) < 4.78 is 0. The van der Waals surface area contributed by atoms with Crippen LogP contribution in [0.25, 0.3) is 0 Å². The second kappa shape index (κ2) is 7.85. The Morgan fingerprint density at radius 2 is 1.62 bits per heavy atom. The van der Waals surface area contributed by atoms with Gasteiger partial charge >= 0.3 is 0 Å². The molecule has 0 aliphatic heterocycles. The monoisotopic (exact) mass is 175 g/mol. The van der Waals surface area contributed by atoms with E-state index in [-0.39, 0.29) is 0 Å². The van der Waals surface area contributed by atoms with Crippen molar-refractivity contribution in [1.82, 2.24) is 0 Å². The zero-order chi connectivity index (χ0) is 9.19. The molecule has 1 radical (unpaired) electrons. The van der Waals surface area contributed by atoms with Crippen molar-refractivity contribution in [1.29, 1.82) is 0 Å². The SMILES string of the molecule is [C]1=C/C=C\CC/C=C/CCCCC/1. The van der Waals surface area contributed by atoms with E-state index in [0.717, 1.165) is 12.8 Å². The van der Waals surface area contributed by atoms with Crippen LogP contribution >= 0.6 is 0 Å². The molecule has 0 N–H and O–H groups in total. The highest BCUT2D eigenvalue weighted by atomic mass is 13.9. The van der Waals surface area contributed by atoms with Crippen LogP contribution in [0.4, 0.5) is 0 Å². The van der Waals surface area contributed by atoms with Gasteiger partial charge in [-0.15, -0.1) is 0 Å². The number of hydrogen-bond donors (Lipinski definition) is 0.